The molecule has 8 nitrogen and oxygen atoms in total. The average Bonchev–Trinajstić information content (AvgIpc) is 3.14. The minimum Gasteiger partial charge on any atom is -0.454 e. The molecule has 0 bridgehead atoms. The predicted octanol–water partition coefficient (Wildman–Crippen LogP) is 1.25. The second-order valence-electron chi connectivity index (χ2n) is 6.14. The molecule has 2 amide bonds. The van der Waals surface area contributed by atoms with Crippen molar-refractivity contribution in [3.05, 3.63) is 53.6 Å². The Morgan fingerprint density at radius 2 is 1.93 bits per heavy atom. The Morgan fingerprint density at radius 1 is 1.19 bits per heavy atom. The van der Waals surface area contributed by atoms with E-state index in [0.29, 0.717) is 17.1 Å². The van der Waals surface area contributed by atoms with Gasteiger partial charge in [-0.3, -0.25) is 9.59 Å². The first-order valence-corrected chi connectivity index (χ1v) is 8.11. The van der Waals surface area contributed by atoms with Crippen LogP contribution in [0.5, 0.6) is 11.5 Å². The number of para-hydroxylation sites is 1. The lowest BCUT2D eigenvalue weighted by atomic mass is 9.95. The van der Waals surface area contributed by atoms with Crippen LogP contribution in [0.3, 0.4) is 0 Å². The fraction of sp³-hybridized carbons (Fsp3) is 0.211. The molecule has 0 fully saturated rings. The van der Waals surface area contributed by atoms with Gasteiger partial charge in [-0.2, -0.15) is 5.26 Å². The normalized spacial score (nSPS) is 14.0. The minimum atomic E-state index is -1.43. The van der Waals surface area contributed by atoms with Gasteiger partial charge in [0.15, 0.2) is 11.5 Å². The molecule has 3 N–H and O–H groups in total. The standard InChI is InChI=1S/C19H17N3O5/c1-19(25,13-6-7-15-16(8-13)27-11-26-15)10-21-17(23)18(24)22-14-5-3-2-4-12(14)9-20/h2-8,25H,10-11H2,1H3,(H,21,23)(H,22,24). The van der Waals surface area contributed by atoms with Crippen molar-refractivity contribution < 1.29 is 24.2 Å². The Morgan fingerprint density at radius 3 is 2.70 bits per heavy atom. The Kier molecular flexibility index (Phi) is 4.96. The molecule has 1 aliphatic heterocycles. The number of ether oxygens (including phenoxy) is 2. The second-order valence-corrected chi connectivity index (χ2v) is 6.14. The van der Waals surface area contributed by atoms with Gasteiger partial charge in [-0.05, 0) is 36.8 Å². The summed E-state index contributed by atoms with van der Waals surface area (Å²) in [5.74, 6) is -0.776. The number of carbonyl (C=O) groups is 2. The fourth-order valence-corrected chi connectivity index (χ4v) is 2.53. The smallest absolute Gasteiger partial charge is 0.313 e. The van der Waals surface area contributed by atoms with Gasteiger partial charge in [-0.15, -0.1) is 0 Å². The van der Waals surface area contributed by atoms with Crippen molar-refractivity contribution in [3.8, 4) is 17.6 Å². The quantitative estimate of drug-likeness (QED) is 0.700. The number of rotatable bonds is 4. The summed E-state index contributed by atoms with van der Waals surface area (Å²) in [6, 6.07) is 13.2. The van der Waals surface area contributed by atoms with Crippen LogP contribution in [0.1, 0.15) is 18.1 Å². The summed E-state index contributed by atoms with van der Waals surface area (Å²) in [6.45, 7) is 1.43. The molecule has 0 saturated heterocycles. The van der Waals surface area contributed by atoms with Crippen molar-refractivity contribution in [1.29, 1.82) is 5.26 Å². The topological polar surface area (TPSA) is 121 Å². The third-order valence-corrected chi connectivity index (χ3v) is 4.09. The van der Waals surface area contributed by atoms with E-state index in [-0.39, 0.29) is 24.6 Å². The van der Waals surface area contributed by atoms with E-state index in [1.54, 1.807) is 30.3 Å². The number of benzene rings is 2. The number of aliphatic hydroxyl groups is 1. The summed E-state index contributed by atoms with van der Waals surface area (Å²) in [7, 11) is 0. The minimum absolute atomic E-state index is 0.113. The van der Waals surface area contributed by atoms with Crippen molar-refractivity contribution in [3.63, 3.8) is 0 Å². The molecule has 0 radical (unpaired) electrons. The summed E-state index contributed by atoms with van der Waals surface area (Å²) in [4.78, 5) is 24.1. The largest absolute Gasteiger partial charge is 0.454 e. The van der Waals surface area contributed by atoms with Crippen LogP contribution in [-0.2, 0) is 15.2 Å². The molecule has 0 aromatic heterocycles. The number of carbonyl (C=O) groups excluding carboxylic acids is 2. The number of anilines is 1. The molecule has 3 rings (SSSR count). The molecular weight excluding hydrogens is 350 g/mol. The Balaban J connectivity index is 1.62. The number of fused-ring (bicyclic) bond motifs is 1. The van der Waals surface area contributed by atoms with Crippen LogP contribution in [0.25, 0.3) is 0 Å². The Labute approximate surface area is 155 Å². The maximum Gasteiger partial charge on any atom is 0.313 e. The highest BCUT2D eigenvalue weighted by Gasteiger charge is 2.28. The highest BCUT2D eigenvalue weighted by molar-refractivity contribution is 6.39. The highest BCUT2D eigenvalue weighted by Crippen LogP contribution is 2.35. The van der Waals surface area contributed by atoms with E-state index < -0.39 is 17.4 Å². The van der Waals surface area contributed by atoms with Crippen LogP contribution in [0.4, 0.5) is 5.69 Å². The van der Waals surface area contributed by atoms with Crippen LogP contribution in [0.2, 0.25) is 0 Å². The fourth-order valence-electron chi connectivity index (χ4n) is 2.53. The van der Waals surface area contributed by atoms with E-state index in [4.69, 9.17) is 14.7 Å². The Bertz CT molecular complexity index is 933. The van der Waals surface area contributed by atoms with E-state index in [9.17, 15) is 14.7 Å². The summed E-state index contributed by atoms with van der Waals surface area (Å²) in [5.41, 5.74) is -0.447. The van der Waals surface area contributed by atoms with Crippen LogP contribution < -0.4 is 20.1 Å². The molecule has 1 unspecified atom stereocenters. The average molecular weight is 367 g/mol. The molecule has 0 saturated carbocycles. The van der Waals surface area contributed by atoms with E-state index in [1.165, 1.54) is 19.1 Å². The molecule has 1 aliphatic rings. The lowest BCUT2D eigenvalue weighted by Crippen LogP contribution is -2.43. The molecule has 1 heterocycles. The maximum atomic E-state index is 12.1. The number of amides is 2. The summed E-state index contributed by atoms with van der Waals surface area (Å²) in [6.07, 6.45) is 0. The predicted molar refractivity (Wildman–Crippen MR) is 94.9 cm³/mol. The van der Waals surface area contributed by atoms with E-state index in [2.05, 4.69) is 10.6 Å². The van der Waals surface area contributed by atoms with Crippen LogP contribution in [0.15, 0.2) is 42.5 Å². The third-order valence-electron chi connectivity index (χ3n) is 4.09. The lowest BCUT2D eigenvalue weighted by molar-refractivity contribution is -0.136. The van der Waals surface area contributed by atoms with E-state index >= 15 is 0 Å². The van der Waals surface area contributed by atoms with Crippen LogP contribution in [-0.4, -0.2) is 30.3 Å². The lowest BCUT2D eigenvalue weighted by Gasteiger charge is -2.24. The summed E-state index contributed by atoms with van der Waals surface area (Å²) < 4.78 is 10.5. The maximum absolute atomic E-state index is 12.1. The van der Waals surface area contributed by atoms with Gasteiger partial charge in [0.2, 0.25) is 6.79 Å². The summed E-state index contributed by atoms with van der Waals surface area (Å²) >= 11 is 0. The van der Waals surface area contributed by atoms with Gasteiger partial charge in [-0.25, -0.2) is 0 Å². The third kappa shape index (κ3) is 3.99. The van der Waals surface area contributed by atoms with Gasteiger partial charge in [0, 0.05) is 0 Å². The zero-order chi connectivity index (χ0) is 19.4. The van der Waals surface area contributed by atoms with Gasteiger partial charge in [0.25, 0.3) is 0 Å². The van der Waals surface area contributed by atoms with Crippen molar-refractivity contribution >= 4 is 17.5 Å². The summed E-state index contributed by atoms with van der Waals surface area (Å²) in [5, 5.41) is 24.4. The zero-order valence-corrected chi connectivity index (χ0v) is 14.5. The van der Waals surface area contributed by atoms with Gasteiger partial charge >= 0.3 is 11.8 Å². The van der Waals surface area contributed by atoms with Crippen molar-refractivity contribution in [1.82, 2.24) is 5.32 Å². The number of nitrogens with one attached hydrogen (secondary N) is 2. The first-order valence-electron chi connectivity index (χ1n) is 8.11. The molecule has 8 heteroatoms. The van der Waals surface area contributed by atoms with Crippen molar-refractivity contribution in [2.24, 2.45) is 0 Å². The monoisotopic (exact) mass is 367 g/mol. The molecule has 138 valence electrons. The van der Waals surface area contributed by atoms with Gasteiger partial charge < -0.3 is 25.2 Å². The van der Waals surface area contributed by atoms with Crippen molar-refractivity contribution in [2.75, 3.05) is 18.7 Å². The SMILES string of the molecule is CC(O)(CNC(=O)C(=O)Nc1ccccc1C#N)c1ccc2c(c1)OCO2. The van der Waals surface area contributed by atoms with Gasteiger partial charge in [0.05, 0.1) is 17.8 Å². The molecule has 27 heavy (non-hydrogen) atoms. The zero-order valence-electron chi connectivity index (χ0n) is 14.5. The Hall–Kier alpha value is -3.57. The van der Waals surface area contributed by atoms with E-state index in [1.807, 2.05) is 6.07 Å². The van der Waals surface area contributed by atoms with Gasteiger partial charge in [-0.1, -0.05) is 18.2 Å². The first-order chi connectivity index (χ1) is 12.9. The molecule has 2 aromatic carbocycles. The number of hydrogen-bond donors (Lipinski definition) is 3. The van der Waals surface area contributed by atoms with E-state index in [0.717, 1.165) is 0 Å². The van der Waals surface area contributed by atoms with Crippen LogP contribution in [0, 0.1) is 11.3 Å². The first kappa shape index (κ1) is 18.2. The number of nitrogens with zero attached hydrogens (tertiary/aromatic N) is 1. The highest BCUT2D eigenvalue weighted by atomic mass is 16.7. The molecule has 2 aromatic rings. The molecule has 0 aliphatic carbocycles. The number of nitriles is 1. The number of hydrogen-bond acceptors (Lipinski definition) is 6. The van der Waals surface area contributed by atoms with Gasteiger partial charge in [0.1, 0.15) is 11.7 Å². The second kappa shape index (κ2) is 7.35. The van der Waals surface area contributed by atoms with Crippen LogP contribution >= 0.6 is 0 Å². The van der Waals surface area contributed by atoms with Crippen molar-refractivity contribution in [2.45, 2.75) is 12.5 Å². The molecular formula is C19H17N3O5. The molecule has 0 spiro atoms. The molecule has 1 atom stereocenters.